The van der Waals surface area contributed by atoms with Crippen LogP contribution in [0.2, 0.25) is 0 Å². The third-order valence-corrected chi connectivity index (χ3v) is 3.83. The van der Waals surface area contributed by atoms with E-state index in [4.69, 9.17) is 0 Å². The van der Waals surface area contributed by atoms with Crippen LogP contribution in [0.1, 0.15) is 16.1 Å². The van der Waals surface area contributed by atoms with E-state index in [9.17, 15) is 19.2 Å². The Kier molecular flexibility index (Phi) is 3.22. The number of amides is 1. The van der Waals surface area contributed by atoms with Crippen LogP contribution in [0.3, 0.4) is 0 Å². The maximum absolute atomic E-state index is 12.3. The third kappa shape index (κ3) is 2.35. The van der Waals surface area contributed by atoms with Crippen molar-refractivity contribution in [2.45, 2.75) is 6.92 Å². The van der Waals surface area contributed by atoms with Gasteiger partial charge in [0.25, 0.3) is 17.0 Å². The molecule has 10 heteroatoms. The van der Waals surface area contributed by atoms with E-state index in [0.29, 0.717) is 10.7 Å². The molecule has 3 rings (SSSR count). The molecule has 0 aliphatic rings. The molecule has 0 saturated carbocycles. The van der Waals surface area contributed by atoms with Crippen LogP contribution in [-0.2, 0) is 0 Å². The Balaban J connectivity index is 2.04. The number of aromatic amines is 2. The van der Waals surface area contributed by atoms with Gasteiger partial charge in [-0.1, -0.05) is 0 Å². The summed E-state index contributed by atoms with van der Waals surface area (Å²) < 4.78 is 1.32. The Morgan fingerprint density at radius 2 is 2.09 bits per heavy atom. The van der Waals surface area contributed by atoms with E-state index in [1.165, 1.54) is 15.7 Å². The Morgan fingerprint density at radius 1 is 1.32 bits per heavy atom. The van der Waals surface area contributed by atoms with Crippen LogP contribution in [0.4, 0.5) is 5.82 Å². The monoisotopic (exact) mass is 319 g/mol. The molecule has 0 radical (unpaired) electrons. The van der Waals surface area contributed by atoms with Gasteiger partial charge in [0.1, 0.15) is 11.4 Å². The van der Waals surface area contributed by atoms with Crippen molar-refractivity contribution in [3.8, 4) is 0 Å². The summed E-state index contributed by atoms with van der Waals surface area (Å²) >= 11 is 1.28. The van der Waals surface area contributed by atoms with Gasteiger partial charge >= 0.3 is 5.69 Å². The third-order valence-electron chi connectivity index (χ3n) is 2.87. The fourth-order valence-corrected chi connectivity index (χ4v) is 2.73. The number of aromatic nitrogens is 4. The highest BCUT2D eigenvalue weighted by Gasteiger charge is 2.15. The minimum absolute atomic E-state index is 0.106. The predicted molar refractivity (Wildman–Crippen MR) is 79.7 cm³/mol. The number of nitrogens with zero attached hydrogens (tertiary/aromatic N) is 2. The first-order valence-corrected chi connectivity index (χ1v) is 6.94. The summed E-state index contributed by atoms with van der Waals surface area (Å²) in [6.07, 6.45) is 1.16. The van der Waals surface area contributed by atoms with Gasteiger partial charge in [0.05, 0.1) is 0 Å². The second-order valence-electron chi connectivity index (χ2n) is 4.43. The van der Waals surface area contributed by atoms with Crippen molar-refractivity contribution < 1.29 is 4.79 Å². The summed E-state index contributed by atoms with van der Waals surface area (Å²) in [5.41, 5.74) is -1.48. The van der Waals surface area contributed by atoms with Gasteiger partial charge in [-0.05, 0) is 6.92 Å². The van der Waals surface area contributed by atoms with E-state index in [2.05, 4.69) is 15.3 Å². The minimum Gasteiger partial charge on any atom is -0.308 e. The van der Waals surface area contributed by atoms with Gasteiger partial charge in [-0.2, -0.15) is 0 Å². The molecular weight excluding hydrogens is 310 g/mol. The number of H-pyrrole nitrogens is 2. The number of carbonyl (C=O) groups is 1. The van der Waals surface area contributed by atoms with E-state index in [-0.39, 0.29) is 11.4 Å². The highest BCUT2D eigenvalue weighted by atomic mass is 32.1. The van der Waals surface area contributed by atoms with Crippen molar-refractivity contribution in [2.75, 3.05) is 5.32 Å². The standard InChI is InChI=1S/C12H9N5O4S/c1-5-4-22-12-13-3-6(10(20)17(5)12)9(19)14-7-2-8(18)16-11(21)15-7/h2-4H,1H3,(H3,14,15,16,18,19,21). The van der Waals surface area contributed by atoms with Gasteiger partial charge < -0.3 is 5.32 Å². The van der Waals surface area contributed by atoms with E-state index in [0.717, 1.165) is 12.3 Å². The van der Waals surface area contributed by atoms with Crippen LogP contribution in [0, 0.1) is 6.92 Å². The minimum atomic E-state index is -0.765. The molecule has 0 saturated heterocycles. The molecule has 0 spiro atoms. The number of thiazole rings is 1. The lowest BCUT2D eigenvalue weighted by atomic mass is 10.3. The number of aryl methyl sites for hydroxylation is 1. The first-order valence-electron chi connectivity index (χ1n) is 6.06. The van der Waals surface area contributed by atoms with Gasteiger partial charge in [-0.25, -0.2) is 9.78 Å². The molecule has 3 heterocycles. The lowest BCUT2D eigenvalue weighted by molar-refractivity contribution is 0.102. The number of anilines is 1. The molecule has 112 valence electrons. The lowest BCUT2D eigenvalue weighted by Gasteiger charge is -2.04. The van der Waals surface area contributed by atoms with Crippen LogP contribution < -0.4 is 22.1 Å². The first-order chi connectivity index (χ1) is 10.5. The number of nitrogens with one attached hydrogen (secondary N) is 3. The summed E-state index contributed by atoms with van der Waals surface area (Å²) in [7, 11) is 0. The summed E-state index contributed by atoms with van der Waals surface area (Å²) in [4.78, 5) is 55.5. The van der Waals surface area contributed by atoms with Crippen molar-refractivity contribution in [2.24, 2.45) is 0 Å². The molecular formula is C12H9N5O4S. The summed E-state index contributed by atoms with van der Waals surface area (Å²) in [6, 6.07) is 0.999. The second kappa shape index (κ2) is 5.07. The second-order valence-corrected chi connectivity index (χ2v) is 5.26. The molecule has 0 fully saturated rings. The number of rotatable bonds is 2. The number of fused-ring (bicyclic) bond motifs is 1. The van der Waals surface area contributed by atoms with E-state index in [1.54, 1.807) is 12.3 Å². The van der Waals surface area contributed by atoms with Gasteiger partial charge in [0, 0.05) is 23.3 Å². The zero-order chi connectivity index (χ0) is 15.9. The molecule has 0 bridgehead atoms. The van der Waals surface area contributed by atoms with E-state index in [1.807, 2.05) is 4.98 Å². The molecule has 22 heavy (non-hydrogen) atoms. The van der Waals surface area contributed by atoms with E-state index < -0.39 is 22.7 Å². The van der Waals surface area contributed by atoms with E-state index >= 15 is 0 Å². The summed E-state index contributed by atoms with van der Waals surface area (Å²) in [5.74, 6) is -0.871. The fraction of sp³-hybridized carbons (Fsp3) is 0.0833. The molecule has 3 aromatic heterocycles. The van der Waals surface area contributed by atoms with Crippen molar-refractivity contribution in [3.05, 3.63) is 60.1 Å². The molecule has 0 aliphatic heterocycles. The SMILES string of the molecule is Cc1csc2ncc(C(=O)Nc3cc(=O)[nH]c(=O)[nH]3)c(=O)n12. The summed E-state index contributed by atoms with van der Waals surface area (Å²) in [6.45, 7) is 1.72. The molecule has 3 aromatic rings. The average Bonchev–Trinajstić information content (AvgIpc) is 2.80. The summed E-state index contributed by atoms with van der Waals surface area (Å²) in [5, 5.41) is 4.04. The number of hydrogen-bond acceptors (Lipinski definition) is 6. The molecule has 1 amide bonds. The van der Waals surface area contributed by atoms with Crippen molar-refractivity contribution in [1.29, 1.82) is 0 Å². The van der Waals surface area contributed by atoms with Crippen molar-refractivity contribution in [3.63, 3.8) is 0 Å². The highest BCUT2D eigenvalue weighted by molar-refractivity contribution is 7.15. The van der Waals surface area contributed by atoms with Gasteiger partial charge in [0.15, 0.2) is 4.96 Å². The smallest absolute Gasteiger partial charge is 0.308 e. The van der Waals surface area contributed by atoms with Gasteiger partial charge in [0.2, 0.25) is 0 Å². The Morgan fingerprint density at radius 3 is 2.82 bits per heavy atom. The van der Waals surface area contributed by atoms with Crippen molar-refractivity contribution >= 4 is 28.0 Å². The van der Waals surface area contributed by atoms with Crippen LogP contribution in [0.15, 0.2) is 32.0 Å². The Hall–Kier alpha value is -3.01. The zero-order valence-corrected chi connectivity index (χ0v) is 12.0. The molecule has 0 aliphatic carbocycles. The Labute approximate surface area is 125 Å². The van der Waals surface area contributed by atoms with Crippen LogP contribution in [-0.4, -0.2) is 25.3 Å². The number of hydrogen-bond donors (Lipinski definition) is 3. The lowest BCUT2D eigenvalue weighted by Crippen LogP contribution is -2.29. The fourth-order valence-electron chi connectivity index (χ4n) is 1.91. The molecule has 0 unspecified atom stereocenters. The topological polar surface area (TPSA) is 129 Å². The van der Waals surface area contributed by atoms with Crippen LogP contribution in [0.25, 0.3) is 4.96 Å². The maximum Gasteiger partial charge on any atom is 0.327 e. The molecule has 3 N–H and O–H groups in total. The average molecular weight is 319 g/mol. The Bertz CT molecular complexity index is 1030. The van der Waals surface area contributed by atoms with Gasteiger partial charge in [-0.15, -0.1) is 11.3 Å². The van der Waals surface area contributed by atoms with Crippen molar-refractivity contribution in [1.82, 2.24) is 19.4 Å². The van der Waals surface area contributed by atoms with Gasteiger partial charge in [-0.3, -0.25) is 28.8 Å². The predicted octanol–water partition coefficient (Wildman–Crippen LogP) is -0.307. The quantitative estimate of drug-likeness (QED) is 0.597. The molecule has 0 aromatic carbocycles. The largest absolute Gasteiger partial charge is 0.327 e. The number of carbonyl (C=O) groups excluding carboxylic acids is 1. The zero-order valence-electron chi connectivity index (χ0n) is 11.2. The maximum atomic E-state index is 12.3. The van der Waals surface area contributed by atoms with Crippen LogP contribution >= 0.6 is 11.3 Å². The highest BCUT2D eigenvalue weighted by Crippen LogP contribution is 2.11. The molecule has 9 nitrogen and oxygen atoms in total. The van der Waals surface area contributed by atoms with Crippen LogP contribution in [0.5, 0.6) is 0 Å². The first kappa shape index (κ1) is 13.9. The normalized spacial score (nSPS) is 10.8. The molecule has 0 atom stereocenters.